The van der Waals surface area contributed by atoms with Crippen molar-refractivity contribution in [1.82, 2.24) is 15.0 Å². The van der Waals surface area contributed by atoms with E-state index in [1.54, 1.807) is 31.0 Å². The zero-order valence-corrected chi connectivity index (χ0v) is 11.4. The van der Waals surface area contributed by atoms with Gasteiger partial charge in [-0.3, -0.25) is 9.97 Å². The fourth-order valence-corrected chi connectivity index (χ4v) is 1.93. The monoisotopic (exact) mass is 277 g/mol. The number of nitrogens with one attached hydrogen (secondary N) is 2. The summed E-state index contributed by atoms with van der Waals surface area (Å²) < 4.78 is 0. The van der Waals surface area contributed by atoms with Gasteiger partial charge in [-0.15, -0.1) is 0 Å². The molecule has 0 saturated carbocycles. The van der Waals surface area contributed by atoms with Gasteiger partial charge in [0.25, 0.3) is 0 Å². The summed E-state index contributed by atoms with van der Waals surface area (Å²) in [4.78, 5) is 12.6. The van der Waals surface area contributed by atoms with Crippen molar-refractivity contribution in [2.45, 2.75) is 6.54 Å². The van der Waals surface area contributed by atoms with Gasteiger partial charge in [-0.05, 0) is 30.3 Å². The summed E-state index contributed by atoms with van der Waals surface area (Å²) in [5.74, 6) is 0.821. The second-order valence-electron chi connectivity index (χ2n) is 4.47. The third-order valence-corrected chi connectivity index (χ3v) is 2.96. The lowest BCUT2D eigenvalue weighted by Gasteiger charge is -2.11. The van der Waals surface area contributed by atoms with Crippen molar-refractivity contribution in [3.05, 3.63) is 72.9 Å². The van der Waals surface area contributed by atoms with E-state index in [9.17, 15) is 0 Å². The molecule has 5 nitrogen and oxygen atoms in total. The molecule has 0 aromatic carbocycles. The number of pyridine rings is 3. The summed E-state index contributed by atoms with van der Waals surface area (Å²) in [6, 6.07) is 11.7. The maximum Gasteiger partial charge on any atom is 0.135 e. The lowest BCUT2D eigenvalue weighted by molar-refractivity contribution is 1.11. The highest BCUT2D eigenvalue weighted by molar-refractivity contribution is 5.58. The number of hydrogen-bond donors (Lipinski definition) is 2. The van der Waals surface area contributed by atoms with Crippen LogP contribution in [-0.2, 0) is 6.54 Å². The van der Waals surface area contributed by atoms with Crippen LogP contribution < -0.4 is 10.6 Å². The molecule has 0 fully saturated rings. The highest BCUT2D eigenvalue weighted by atomic mass is 15.0. The van der Waals surface area contributed by atoms with Crippen LogP contribution in [0.1, 0.15) is 5.56 Å². The van der Waals surface area contributed by atoms with E-state index in [0.717, 1.165) is 22.8 Å². The second kappa shape index (κ2) is 6.47. The Morgan fingerprint density at radius 1 is 0.810 bits per heavy atom. The fourth-order valence-electron chi connectivity index (χ4n) is 1.93. The quantitative estimate of drug-likeness (QED) is 0.749. The fraction of sp³-hybridized carbons (Fsp3) is 0.0625. The lowest BCUT2D eigenvalue weighted by atomic mass is 10.2. The molecule has 5 heteroatoms. The minimum Gasteiger partial charge on any atom is -0.380 e. The van der Waals surface area contributed by atoms with E-state index in [0.29, 0.717) is 6.54 Å². The van der Waals surface area contributed by atoms with E-state index >= 15 is 0 Å². The SMILES string of the molecule is c1cncc(NCc2cccnc2Nc2cccnc2)c1. The normalized spacial score (nSPS) is 10.1. The molecule has 21 heavy (non-hydrogen) atoms. The molecule has 3 aromatic rings. The summed E-state index contributed by atoms with van der Waals surface area (Å²) in [7, 11) is 0. The lowest BCUT2D eigenvalue weighted by Crippen LogP contribution is -2.04. The van der Waals surface area contributed by atoms with Crippen LogP contribution in [-0.4, -0.2) is 15.0 Å². The van der Waals surface area contributed by atoms with Crippen molar-refractivity contribution in [2.24, 2.45) is 0 Å². The molecular weight excluding hydrogens is 262 g/mol. The smallest absolute Gasteiger partial charge is 0.135 e. The summed E-state index contributed by atoms with van der Waals surface area (Å²) in [6.07, 6.45) is 8.84. The van der Waals surface area contributed by atoms with Gasteiger partial charge in [-0.1, -0.05) is 6.07 Å². The van der Waals surface area contributed by atoms with E-state index in [4.69, 9.17) is 0 Å². The molecule has 3 rings (SSSR count). The molecule has 0 atom stereocenters. The average molecular weight is 277 g/mol. The molecule has 0 aliphatic carbocycles. The molecule has 104 valence electrons. The van der Waals surface area contributed by atoms with Gasteiger partial charge in [0.1, 0.15) is 5.82 Å². The van der Waals surface area contributed by atoms with Crippen LogP contribution in [0.5, 0.6) is 0 Å². The van der Waals surface area contributed by atoms with Gasteiger partial charge in [0.05, 0.1) is 17.6 Å². The first-order chi connectivity index (χ1) is 10.4. The Hall–Kier alpha value is -2.95. The summed E-state index contributed by atoms with van der Waals surface area (Å²) in [6.45, 7) is 0.669. The summed E-state index contributed by atoms with van der Waals surface area (Å²) in [5, 5.41) is 6.61. The Bertz CT molecular complexity index is 685. The molecule has 0 amide bonds. The third kappa shape index (κ3) is 3.54. The zero-order chi connectivity index (χ0) is 14.3. The van der Waals surface area contributed by atoms with Crippen molar-refractivity contribution >= 4 is 17.2 Å². The molecule has 0 spiro atoms. The first kappa shape index (κ1) is 13.1. The van der Waals surface area contributed by atoms with Gasteiger partial charge < -0.3 is 10.6 Å². The second-order valence-corrected chi connectivity index (χ2v) is 4.47. The van der Waals surface area contributed by atoms with Crippen molar-refractivity contribution in [3.63, 3.8) is 0 Å². The number of rotatable bonds is 5. The van der Waals surface area contributed by atoms with E-state index in [1.807, 2.05) is 36.4 Å². The van der Waals surface area contributed by atoms with Gasteiger partial charge in [0.2, 0.25) is 0 Å². The summed E-state index contributed by atoms with van der Waals surface area (Å²) >= 11 is 0. The Morgan fingerprint density at radius 3 is 2.24 bits per heavy atom. The van der Waals surface area contributed by atoms with Crippen LogP contribution in [0.15, 0.2) is 67.4 Å². The Morgan fingerprint density at radius 2 is 1.52 bits per heavy atom. The van der Waals surface area contributed by atoms with E-state index < -0.39 is 0 Å². The third-order valence-electron chi connectivity index (χ3n) is 2.96. The van der Waals surface area contributed by atoms with Crippen molar-refractivity contribution in [1.29, 1.82) is 0 Å². The maximum absolute atomic E-state index is 4.39. The highest BCUT2D eigenvalue weighted by Crippen LogP contribution is 2.18. The minimum absolute atomic E-state index is 0.669. The summed E-state index contributed by atoms with van der Waals surface area (Å²) in [5.41, 5.74) is 2.97. The molecule has 0 saturated heterocycles. The zero-order valence-electron chi connectivity index (χ0n) is 11.4. The number of nitrogens with zero attached hydrogens (tertiary/aromatic N) is 3. The van der Waals surface area contributed by atoms with Crippen molar-refractivity contribution in [2.75, 3.05) is 10.6 Å². The van der Waals surface area contributed by atoms with Gasteiger partial charge >= 0.3 is 0 Å². The Labute approximate surface area is 123 Å². The first-order valence-corrected chi connectivity index (χ1v) is 6.67. The van der Waals surface area contributed by atoms with Gasteiger partial charge in [-0.25, -0.2) is 4.98 Å². The van der Waals surface area contributed by atoms with E-state index in [-0.39, 0.29) is 0 Å². The number of hydrogen-bond acceptors (Lipinski definition) is 5. The minimum atomic E-state index is 0.669. The molecular formula is C16H15N5. The Kier molecular flexibility index (Phi) is 4.02. The van der Waals surface area contributed by atoms with Crippen LogP contribution >= 0.6 is 0 Å². The van der Waals surface area contributed by atoms with Crippen LogP contribution in [0, 0.1) is 0 Å². The predicted molar refractivity (Wildman–Crippen MR) is 83.3 cm³/mol. The van der Waals surface area contributed by atoms with Gasteiger partial charge in [0.15, 0.2) is 0 Å². The van der Waals surface area contributed by atoms with Crippen LogP contribution in [0.4, 0.5) is 17.2 Å². The average Bonchev–Trinajstić information content (AvgIpc) is 2.56. The molecule has 3 heterocycles. The molecule has 0 radical (unpaired) electrons. The molecule has 0 bridgehead atoms. The van der Waals surface area contributed by atoms with E-state index in [2.05, 4.69) is 25.6 Å². The van der Waals surface area contributed by atoms with E-state index in [1.165, 1.54) is 0 Å². The number of anilines is 3. The largest absolute Gasteiger partial charge is 0.380 e. The molecule has 0 aliphatic heterocycles. The Balaban J connectivity index is 1.73. The molecule has 2 N–H and O–H groups in total. The standard InChI is InChI=1S/C16H15N5/c1-4-13(10-20-14-5-2-7-17-11-14)16(19-9-1)21-15-6-3-8-18-12-15/h1-9,11-12,20H,10H2,(H,19,21). The topological polar surface area (TPSA) is 62.7 Å². The predicted octanol–water partition coefficient (Wildman–Crippen LogP) is 3.23. The molecule has 0 unspecified atom stereocenters. The number of aromatic nitrogens is 3. The van der Waals surface area contributed by atoms with Crippen LogP contribution in [0.25, 0.3) is 0 Å². The highest BCUT2D eigenvalue weighted by Gasteiger charge is 2.04. The van der Waals surface area contributed by atoms with Crippen LogP contribution in [0.2, 0.25) is 0 Å². The maximum atomic E-state index is 4.39. The van der Waals surface area contributed by atoms with Gasteiger partial charge in [-0.2, -0.15) is 0 Å². The molecule has 3 aromatic heterocycles. The van der Waals surface area contributed by atoms with Crippen LogP contribution in [0.3, 0.4) is 0 Å². The van der Waals surface area contributed by atoms with Crippen molar-refractivity contribution < 1.29 is 0 Å². The van der Waals surface area contributed by atoms with Gasteiger partial charge in [0, 0.05) is 36.9 Å². The van der Waals surface area contributed by atoms with Crippen molar-refractivity contribution in [3.8, 4) is 0 Å². The first-order valence-electron chi connectivity index (χ1n) is 6.67. The molecule has 0 aliphatic rings.